The van der Waals surface area contributed by atoms with Crippen molar-refractivity contribution in [3.63, 3.8) is 0 Å². The van der Waals surface area contributed by atoms with Crippen molar-refractivity contribution in [2.24, 2.45) is 0 Å². The Morgan fingerprint density at radius 1 is 0.957 bits per heavy atom. The molecular weight excluding hydrogens is 290 g/mol. The second-order valence-electron chi connectivity index (χ2n) is 5.83. The molecule has 5 heteroatoms. The molecule has 0 saturated heterocycles. The first kappa shape index (κ1) is 19.2. The van der Waals surface area contributed by atoms with Gasteiger partial charge in [0.2, 0.25) is 11.8 Å². The molecule has 0 radical (unpaired) electrons. The maximum Gasteiger partial charge on any atom is 0.236 e. The predicted octanol–water partition coefficient (Wildman–Crippen LogP) is 2.01. The first-order valence-electron chi connectivity index (χ1n) is 8.17. The van der Waals surface area contributed by atoms with Gasteiger partial charge in [-0.1, -0.05) is 30.3 Å². The molecule has 1 aromatic carbocycles. The Bertz CT molecular complexity index is 500. The Morgan fingerprint density at radius 2 is 1.48 bits per heavy atom. The van der Waals surface area contributed by atoms with Gasteiger partial charge in [0.15, 0.2) is 0 Å². The van der Waals surface area contributed by atoms with Gasteiger partial charge in [-0.15, -0.1) is 0 Å². The number of carbonyl (C=O) groups is 2. The van der Waals surface area contributed by atoms with Crippen molar-refractivity contribution in [1.82, 2.24) is 14.7 Å². The van der Waals surface area contributed by atoms with Crippen LogP contribution in [-0.2, 0) is 9.59 Å². The lowest BCUT2D eigenvalue weighted by atomic mass is 10.1. The summed E-state index contributed by atoms with van der Waals surface area (Å²) in [7, 11) is 3.61. The van der Waals surface area contributed by atoms with Gasteiger partial charge < -0.3 is 9.80 Å². The van der Waals surface area contributed by atoms with Crippen molar-refractivity contribution in [3.8, 4) is 0 Å². The van der Waals surface area contributed by atoms with Crippen LogP contribution in [0.4, 0.5) is 0 Å². The van der Waals surface area contributed by atoms with Crippen LogP contribution in [0.3, 0.4) is 0 Å². The van der Waals surface area contributed by atoms with Gasteiger partial charge in [0.25, 0.3) is 0 Å². The van der Waals surface area contributed by atoms with E-state index >= 15 is 0 Å². The lowest BCUT2D eigenvalue weighted by Gasteiger charge is -2.28. The van der Waals surface area contributed by atoms with Gasteiger partial charge >= 0.3 is 0 Å². The highest BCUT2D eigenvalue weighted by molar-refractivity contribution is 5.81. The van der Waals surface area contributed by atoms with Gasteiger partial charge in [-0.05, 0) is 33.4 Å². The molecule has 0 aliphatic heterocycles. The van der Waals surface area contributed by atoms with E-state index in [1.807, 2.05) is 51.1 Å². The van der Waals surface area contributed by atoms with Gasteiger partial charge in [-0.3, -0.25) is 14.5 Å². The Hall–Kier alpha value is -1.88. The van der Waals surface area contributed by atoms with Crippen LogP contribution in [-0.4, -0.2) is 66.8 Å². The number of rotatable bonds is 8. The number of hydrogen-bond acceptors (Lipinski definition) is 3. The van der Waals surface area contributed by atoms with Crippen LogP contribution in [0.1, 0.15) is 32.4 Å². The van der Waals surface area contributed by atoms with E-state index in [1.165, 1.54) is 0 Å². The Balaban J connectivity index is 2.56. The standard InChI is InChI=1S/C18H29N3O2/c1-6-21(7-2)18(23)14-19(4)13-17(22)20(5)15(3)16-11-9-8-10-12-16/h8-12,15H,6-7,13-14H2,1-5H3. The highest BCUT2D eigenvalue weighted by Gasteiger charge is 2.20. The molecule has 0 aliphatic carbocycles. The van der Waals surface area contributed by atoms with Gasteiger partial charge in [0.1, 0.15) is 0 Å². The van der Waals surface area contributed by atoms with Crippen LogP contribution >= 0.6 is 0 Å². The van der Waals surface area contributed by atoms with Crippen molar-refractivity contribution < 1.29 is 9.59 Å². The number of benzene rings is 1. The van der Waals surface area contributed by atoms with E-state index in [9.17, 15) is 9.59 Å². The van der Waals surface area contributed by atoms with Crippen molar-refractivity contribution >= 4 is 11.8 Å². The number of carbonyl (C=O) groups excluding carboxylic acids is 2. The fraction of sp³-hybridized carbons (Fsp3) is 0.556. The maximum atomic E-state index is 12.4. The number of nitrogens with zero attached hydrogens (tertiary/aromatic N) is 3. The first-order valence-corrected chi connectivity index (χ1v) is 8.17. The quantitative estimate of drug-likeness (QED) is 0.736. The van der Waals surface area contributed by atoms with Crippen LogP contribution < -0.4 is 0 Å². The summed E-state index contributed by atoms with van der Waals surface area (Å²) in [6, 6.07) is 9.95. The molecule has 23 heavy (non-hydrogen) atoms. The second kappa shape index (κ2) is 9.30. The SMILES string of the molecule is CCN(CC)C(=O)CN(C)CC(=O)N(C)C(C)c1ccccc1. The number of amides is 2. The Morgan fingerprint density at radius 3 is 2.00 bits per heavy atom. The summed E-state index contributed by atoms with van der Waals surface area (Å²) >= 11 is 0. The molecule has 128 valence electrons. The van der Waals surface area contributed by atoms with E-state index in [0.717, 1.165) is 5.56 Å². The minimum atomic E-state index is 0.00980. The molecule has 1 rings (SSSR count). The summed E-state index contributed by atoms with van der Waals surface area (Å²) in [6.45, 7) is 7.82. The van der Waals surface area contributed by atoms with Gasteiger partial charge in [0, 0.05) is 20.1 Å². The van der Waals surface area contributed by atoms with Gasteiger partial charge in [0.05, 0.1) is 19.1 Å². The summed E-state index contributed by atoms with van der Waals surface area (Å²) in [5, 5.41) is 0. The third-order valence-electron chi connectivity index (χ3n) is 4.18. The van der Waals surface area contributed by atoms with E-state index in [2.05, 4.69) is 0 Å². The Labute approximate surface area is 139 Å². The molecule has 0 fully saturated rings. The summed E-state index contributed by atoms with van der Waals surface area (Å²) < 4.78 is 0. The van der Waals surface area contributed by atoms with Crippen LogP contribution in [0, 0.1) is 0 Å². The molecule has 0 aromatic heterocycles. The minimum absolute atomic E-state index is 0.00980. The monoisotopic (exact) mass is 319 g/mol. The molecule has 0 aliphatic rings. The molecule has 0 N–H and O–H groups in total. The highest BCUT2D eigenvalue weighted by atomic mass is 16.2. The van der Waals surface area contributed by atoms with E-state index in [0.29, 0.717) is 13.1 Å². The van der Waals surface area contributed by atoms with Crippen molar-refractivity contribution in [2.75, 3.05) is 40.3 Å². The minimum Gasteiger partial charge on any atom is -0.342 e. The van der Waals surface area contributed by atoms with E-state index in [-0.39, 0.29) is 30.9 Å². The fourth-order valence-electron chi connectivity index (χ4n) is 2.48. The molecule has 0 bridgehead atoms. The molecule has 1 aromatic rings. The highest BCUT2D eigenvalue weighted by Crippen LogP contribution is 2.18. The van der Waals surface area contributed by atoms with Crippen molar-refractivity contribution in [2.45, 2.75) is 26.8 Å². The van der Waals surface area contributed by atoms with Crippen LogP contribution in [0.25, 0.3) is 0 Å². The van der Waals surface area contributed by atoms with E-state index in [4.69, 9.17) is 0 Å². The summed E-state index contributed by atoms with van der Waals surface area (Å²) in [5.74, 6) is 0.0697. The average Bonchev–Trinajstić information content (AvgIpc) is 2.55. The summed E-state index contributed by atoms with van der Waals surface area (Å²) in [6.07, 6.45) is 0. The predicted molar refractivity (Wildman–Crippen MR) is 93.1 cm³/mol. The second-order valence-corrected chi connectivity index (χ2v) is 5.83. The zero-order valence-electron chi connectivity index (χ0n) is 15.0. The molecule has 2 amide bonds. The van der Waals surface area contributed by atoms with Gasteiger partial charge in [-0.2, -0.15) is 0 Å². The smallest absolute Gasteiger partial charge is 0.236 e. The molecule has 0 spiro atoms. The Kier molecular flexibility index (Phi) is 7.75. The van der Waals surface area contributed by atoms with Crippen LogP contribution in [0.15, 0.2) is 30.3 Å². The fourth-order valence-corrected chi connectivity index (χ4v) is 2.48. The largest absolute Gasteiger partial charge is 0.342 e. The van der Waals surface area contributed by atoms with Crippen molar-refractivity contribution in [1.29, 1.82) is 0 Å². The van der Waals surface area contributed by atoms with E-state index < -0.39 is 0 Å². The topological polar surface area (TPSA) is 43.9 Å². The normalized spacial score (nSPS) is 12.1. The molecule has 1 atom stereocenters. The first-order chi connectivity index (χ1) is 10.9. The number of hydrogen-bond donors (Lipinski definition) is 0. The lowest BCUT2D eigenvalue weighted by Crippen LogP contribution is -2.43. The van der Waals surface area contributed by atoms with Gasteiger partial charge in [-0.25, -0.2) is 0 Å². The zero-order chi connectivity index (χ0) is 17.4. The lowest BCUT2D eigenvalue weighted by molar-refractivity contribution is -0.135. The summed E-state index contributed by atoms with van der Waals surface area (Å²) in [5.41, 5.74) is 1.10. The number of likely N-dealkylation sites (N-methyl/N-ethyl adjacent to an activating group) is 3. The molecule has 0 heterocycles. The molecule has 0 saturated carbocycles. The zero-order valence-corrected chi connectivity index (χ0v) is 15.0. The maximum absolute atomic E-state index is 12.4. The molecule has 1 unspecified atom stereocenters. The van der Waals surface area contributed by atoms with E-state index in [1.54, 1.807) is 28.8 Å². The van der Waals surface area contributed by atoms with Crippen LogP contribution in [0.2, 0.25) is 0 Å². The molecule has 5 nitrogen and oxygen atoms in total. The van der Waals surface area contributed by atoms with Crippen LogP contribution in [0.5, 0.6) is 0 Å². The summed E-state index contributed by atoms with van der Waals surface area (Å²) in [4.78, 5) is 29.8. The van der Waals surface area contributed by atoms with Crippen molar-refractivity contribution in [3.05, 3.63) is 35.9 Å². The third-order valence-corrected chi connectivity index (χ3v) is 4.18. The third kappa shape index (κ3) is 5.67. The average molecular weight is 319 g/mol. The molecular formula is C18H29N3O2.